The Bertz CT molecular complexity index is 1140. The Kier molecular flexibility index (Phi) is 13.1. The minimum absolute atomic E-state index is 0.00922. The van der Waals surface area contributed by atoms with E-state index in [9.17, 15) is 14.3 Å². The molecular formula is C32H45FN4O2. The highest BCUT2D eigenvalue weighted by atomic mass is 19.1. The number of carbonyl (C=O) groups excluding carboxylic acids is 1. The van der Waals surface area contributed by atoms with Gasteiger partial charge in [0.25, 0.3) is 5.91 Å². The van der Waals surface area contributed by atoms with Crippen molar-refractivity contribution in [2.75, 3.05) is 32.7 Å². The van der Waals surface area contributed by atoms with E-state index in [0.29, 0.717) is 30.7 Å². The summed E-state index contributed by atoms with van der Waals surface area (Å²) < 4.78 is 13.2. The fourth-order valence-electron chi connectivity index (χ4n) is 4.48. The molecule has 7 heteroatoms. The van der Waals surface area contributed by atoms with Crippen LogP contribution in [0.3, 0.4) is 0 Å². The molecule has 2 aromatic carbocycles. The van der Waals surface area contributed by atoms with Gasteiger partial charge in [-0.1, -0.05) is 36.9 Å². The second-order valence-electron chi connectivity index (χ2n) is 9.86. The summed E-state index contributed by atoms with van der Waals surface area (Å²) in [5.41, 5.74) is 9.56. The molecule has 0 saturated carbocycles. The van der Waals surface area contributed by atoms with Gasteiger partial charge in [0.05, 0.1) is 6.04 Å². The summed E-state index contributed by atoms with van der Waals surface area (Å²) >= 11 is 0. The second kappa shape index (κ2) is 16.0. The zero-order valence-electron chi connectivity index (χ0n) is 24.0. The van der Waals surface area contributed by atoms with Gasteiger partial charge in [-0.05, 0) is 87.7 Å². The molecule has 0 aliphatic carbocycles. The highest BCUT2D eigenvalue weighted by Gasteiger charge is 2.22. The fourth-order valence-corrected chi connectivity index (χ4v) is 4.48. The average molecular weight is 537 g/mol. The first-order chi connectivity index (χ1) is 18.6. The number of allylic oxidation sites excluding steroid dienone is 3. The Labute approximate surface area is 233 Å². The topological polar surface area (TPSA) is 81.8 Å². The van der Waals surface area contributed by atoms with Gasteiger partial charge in [-0.25, -0.2) is 4.39 Å². The average Bonchev–Trinajstić information content (AvgIpc) is 2.95. The molecule has 1 aliphatic rings. The van der Waals surface area contributed by atoms with Gasteiger partial charge in [0.15, 0.2) is 0 Å². The van der Waals surface area contributed by atoms with Crippen LogP contribution in [0, 0.1) is 0 Å². The summed E-state index contributed by atoms with van der Waals surface area (Å²) in [6.45, 7) is 17.8. The van der Waals surface area contributed by atoms with Crippen molar-refractivity contribution in [1.29, 1.82) is 0 Å². The molecule has 1 fully saturated rings. The van der Waals surface area contributed by atoms with E-state index in [0.717, 1.165) is 36.3 Å². The molecule has 1 aliphatic heterocycles. The number of hydrogen-bond acceptors (Lipinski definition) is 5. The lowest BCUT2D eigenvalue weighted by molar-refractivity contribution is 0.0773. The van der Waals surface area contributed by atoms with Crippen molar-refractivity contribution in [3.8, 4) is 5.75 Å². The van der Waals surface area contributed by atoms with Gasteiger partial charge >= 0.3 is 0 Å². The van der Waals surface area contributed by atoms with Crippen LogP contribution in [0.4, 0.5) is 4.39 Å². The van der Waals surface area contributed by atoms with Gasteiger partial charge in [-0.2, -0.15) is 0 Å². The highest BCUT2D eigenvalue weighted by molar-refractivity contribution is 5.94. The summed E-state index contributed by atoms with van der Waals surface area (Å²) in [5.74, 6) is -0.0767. The van der Waals surface area contributed by atoms with Crippen molar-refractivity contribution in [2.24, 2.45) is 5.73 Å². The number of amides is 1. The predicted molar refractivity (Wildman–Crippen MR) is 159 cm³/mol. The first kappa shape index (κ1) is 32.0. The van der Waals surface area contributed by atoms with E-state index in [1.54, 1.807) is 35.2 Å². The smallest absolute Gasteiger partial charge is 0.253 e. The number of halogens is 1. The summed E-state index contributed by atoms with van der Waals surface area (Å²) in [7, 11) is 0. The van der Waals surface area contributed by atoms with Crippen LogP contribution in [0.2, 0.25) is 0 Å². The van der Waals surface area contributed by atoms with Crippen LogP contribution in [0.25, 0.3) is 0 Å². The van der Waals surface area contributed by atoms with E-state index >= 15 is 0 Å². The Hall–Kier alpha value is -3.26. The highest BCUT2D eigenvalue weighted by Crippen LogP contribution is 2.23. The molecule has 1 heterocycles. The minimum Gasteiger partial charge on any atom is -0.508 e. The van der Waals surface area contributed by atoms with Gasteiger partial charge in [0.2, 0.25) is 0 Å². The Morgan fingerprint density at radius 2 is 1.85 bits per heavy atom. The number of nitrogens with zero attached hydrogens (tertiary/aromatic N) is 2. The van der Waals surface area contributed by atoms with Gasteiger partial charge < -0.3 is 21.1 Å². The van der Waals surface area contributed by atoms with Crippen LogP contribution in [0.1, 0.15) is 62.1 Å². The molecule has 1 amide bonds. The van der Waals surface area contributed by atoms with E-state index in [1.165, 1.54) is 6.08 Å². The number of carbonyl (C=O) groups is 1. The van der Waals surface area contributed by atoms with Crippen molar-refractivity contribution in [3.05, 3.63) is 101 Å². The number of nitrogens with one attached hydrogen (secondary N) is 1. The Balaban J connectivity index is 0.000000283. The quantitative estimate of drug-likeness (QED) is 0.365. The molecule has 39 heavy (non-hydrogen) atoms. The number of nitrogens with two attached hydrogens (primary N) is 1. The maximum absolute atomic E-state index is 13.2. The fraction of sp³-hybridized carbons (Fsp3) is 0.406. The standard InChI is InChI=1S/C18H22N2O2.C14H23FN2/c1-3-20(4-2)18(22)15-9-5-7-13(11-15)17(19)14-8-6-10-16(21)12-14;1-5-13(7-14(15)6-2)10-17-9-11(3)16-8-12(17)4/h5-12,17,21H,3-4,19H2,1-2H3;5-7,11-12,16H,2,8-10H2,1,3-4H3/b;13-5+,14-7+/t;11?,12-/m.1/s1. The summed E-state index contributed by atoms with van der Waals surface area (Å²) in [6.07, 6.45) is 4.77. The molecule has 2 aromatic rings. The monoisotopic (exact) mass is 536 g/mol. The summed E-state index contributed by atoms with van der Waals surface area (Å²) in [4.78, 5) is 16.6. The van der Waals surface area contributed by atoms with Gasteiger partial charge in [0, 0.05) is 50.4 Å². The molecule has 0 aromatic heterocycles. The van der Waals surface area contributed by atoms with Crippen molar-refractivity contribution < 1.29 is 14.3 Å². The van der Waals surface area contributed by atoms with E-state index in [2.05, 4.69) is 30.6 Å². The van der Waals surface area contributed by atoms with Gasteiger partial charge in [0.1, 0.15) is 11.6 Å². The number of hydrogen-bond donors (Lipinski definition) is 3. The van der Waals surface area contributed by atoms with E-state index < -0.39 is 0 Å². The number of phenolic OH excluding ortho intramolecular Hbond substituents is 1. The molecule has 6 nitrogen and oxygen atoms in total. The Morgan fingerprint density at radius 1 is 1.21 bits per heavy atom. The molecular weight excluding hydrogens is 491 g/mol. The zero-order chi connectivity index (χ0) is 28.9. The third kappa shape index (κ3) is 9.77. The van der Waals surface area contributed by atoms with Crippen molar-refractivity contribution in [3.63, 3.8) is 0 Å². The molecule has 212 valence electrons. The first-order valence-corrected chi connectivity index (χ1v) is 13.7. The zero-order valence-corrected chi connectivity index (χ0v) is 24.0. The number of phenols is 1. The number of rotatable bonds is 9. The third-order valence-electron chi connectivity index (χ3n) is 6.94. The molecule has 3 atom stereocenters. The number of aromatic hydroxyl groups is 1. The lowest BCUT2D eigenvalue weighted by atomic mass is 9.97. The van der Waals surface area contributed by atoms with Crippen molar-refractivity contribution >= 4 is 5.91 Å². The van der Waals surface area contributed by atoms with Crippen LogP contribution < -0.4 is 11.1 Å². The van der Waals surface area contributed by atoms with Crippen LogP contribution in [0.15, 0.2) is 84.7 Å². The normalized spacial score (nSPS) is 19.1. The maximum Gasteiger partial charge on any atom is 0.253 e. The van der Waals surface area contributed by atoms with E-state index in [4.69, 9.17) is 5.73 Å². The predicted octanol–water partition coefficient (Wildman–Crippen LogP) is 5.58. The molecule has 4 N–H and O–H groups in total. The minimum atomic E-state index is -0.378. The molecule has 0 radical (unpaired) electrons. The van der Waals surface area contributed by atoms with Crippen LogP contribution in [-0.2, 0) is 0 Å². The van der Waals surface area contributed by atoms with Gasteiger partial charge in [-0.3, -0.25) is 9.69 Å². The van der Waals surface area contributed by atoms with E-state index in [1.807, 2.05) is 51.1 Å². The molecule has 1 saturated heterocycles. The molecule has 3 rings (SSSR count). The molecule has 0 spiro atoms. The van der Waals surface area contributed by atoms with Crippen LogP contribution in [-0.4, -0.2) is 65.6 Å². The molecule has 0 bridgehead atoms. The SMILES string of the molecule is C=C/C(F)=C\C(=C/C)CN1CC(C)NC[C@H]1C.CCN(CC)C(=O)c1cccc(C(N)c2cccc(O)c2)c1. The third-order valence-corrected chi connectivity index (χ3v) is 6.94. The van der Waals surface area contributed by atoms with Crippen LogP contribution in [0.5, 0.6) is 5.75 Å². The number of benzene rings is 2. The largest absolute Gasteiger partial charge is 0.508 e. The van der Waals surface area contributed by atoms with Crippen molar-refractivity contribution in [1.82, 2.24) is 15.1 Å². The lowest BCUT2D eigenvalue weighted by Gasteiger charge is -2.37. The first-order valence-electron chi connectivity index (χ1n) is 13.7. The lowest BCUT2D eigenvalue weighted by Crippen LogP contribution is -2.54. The van der Waals surface area contributed by atoms with E-state index in [-0.39, 0.29) is 23.5 Å². The number of piperazine rings is 1. The Morgan fingerprint density at radius 3 is 2.44 bits per heavy atom. The molecule has 2 unspecified atom stereocenters. The van der Waals surface area contributed by atoms with Crippen LogP contribution >= 0.6 is 0 Å². The van der Waals surface area contributed by atoms with Gasteiger partial charge in [-0.15, -0.1) is 0 Å². The summed E-state index contributed by atoms with van der Waals surface area (Å²) in [6, 6.07) is 14.9. The summed E-state index contributed by atoms with van der Waals surface area (Å²) in [5, 5.41) is 13.0. The second-order valence-corrected chi connectivity index (χ2v) is 9.86. The van der Waals surface area contributed by atoms with Crippen molar-refractivity contribution in [2.45, 2.75) is 52.7 Å². The maximum atomic E-state index is 13.2.